The van der Waals surface area contributed by atoms with Crippen molar-refractivity contribution in [3.8, 4) is 0 Å². The molecule has 0 aliphatic heterocycles. The van der Waals surface area contributed by atoms with E-state index in [9.17, 15) is 17.6 Å². The van der Waals surface area contributed by atoms with Gasteiger partial charge in [0.2, 0.25) is 0 Å². The van der Waals surface area contributed by atoms with Crippen LogP contribution in [0.1, 0.15) is 11.1 Å². The molecule has 0 atom stereocenters. The summed E-state index contributed by atoms with van der Waals surface area (Å²) in [5.41, 5.74) is 4.98. The lowest BCUT2D eigenvalue weighted by Gasteiger charge is -2.15. The number of aryl methyl sites for hydroxylation is 1. The molecule has 0 saturated carbocycles. The van der Waals surface area contributed by atoms with Gasteiger partial charge in [-0.15, -0.1) is 0 Å². The Balaban J connectivity index is 2.40. The molecule has 0 radical (unpaired) electrons. The van der Waals surface area contributed by atoms with Gasteiger partial charge in [-0.05, 0) is 42.8 Å². The molecule has 0 aliphatic carbocycles. The number of anilines is 3. The first-order valence-corrected chi connectivity index (χ1v) is 5.77. The molecule has 0 aromatic heterocycles. The van der Waals surface area contributed by atoms with E-state index in [0.717, 1.165) is 12.1 Å². The summed E-state index contributed by atoms with van der Waals surface area (Å²) in [5.74, 6) is -0.487. The van der Waals surface area contributed by atoms with Crippen molar-refractivity contribution in [2.75, 3.05) is 11.1 Å². The lowest BCUT2D eigenvalue weighted by molar-refractivity contribution is -0.136. The maximum absolute atomic E-state index is 13.4. The fourth-order valence-corrected chi connectivity index (χ4v) is 1.73. The van der Waals surface area contributed by atoms with Crippen molar-refractivity contribution in [3.63, 3.8) is 0 Å². The Morgan fingerprint density at radius 1 is 1.05 bits per heavy atom. The van der Waals surface area contributed by atoms with E-state index < -0.39 is 17.6 Å². The van der Waals surface area contributed by atoms with Crippen molar-refractivity contribution in [2.24, 2.45) is 0 Å². The predicted octanol–water partition coefficient (Wildman–Crippen LogP) is 4.48. The van der Waals surface area contributed by atoms with Gasteiger partial charge in [0.1, 0.15) is 5.82 Å². The van der Waals surface area contributed by atoms with Crippen molar-refractivity contribution in [2.45, 2.75) is 13.1 Å². The Morgan fingerprint density at radius 3 is 2.35 bits per heavy atom. The molecule has 0 fully saturated rings. The maximum atomic E-state index is 13.4. The molecule has 20 heavy (non-hydrogen) atoms. The zero-order valence-corrected chi connectivity index (χ0v) is 10.6. The molecule has 2 nitrogen and oxygen atoms in total. The van der Waals surface area contributed by atoms with Crippen LogP contribution in [0.3, 0.4) is 0 Å². The van der Waals surface area contributed by atoms with Gasteiger partial charge in [-0.1, -0.05) is 6.07 Å². The lowest BCUT2D eigenvalue weighted by atomic mass is 10.1. The largest absolute Gasteiger partial charge is 0.418 e. The van der Waals surface area contributed by atoms with Crippen LogP contribution in [-0.2, 0) is 6.18 Å². The van der Waals surface area contributed by atoms with Gasteiger partial charge in [-0.25, -0.2) is 4.39 Å². The first-order chi connectivity index (χ1) is 9.27. The molecule has 0 saturated heterocycles. The molecular weight excluding hydrogens is 272 g/mol. The van der Waals surface area contributed by atoms with E-state index >= 15 is 0 Å². The van der Waals surface area contributed by atoms with Gasteiger partial charge in [0.25, 0.3) is 0 Å². The molecule has 0 unspecified atom stereocenters. The number of halogens is 4. The van der Waals surface area contributed by atoms with Gasteiger partial charge in [-0.2, -0.15) is 13.2 Å². The van der Waals surface area contributed by atoms with Crippen LogP contribution in [0.5, 0.6) is 0 Å². The Kier molecular flexibility index (Phi) is 3.57. The van der Waals surface area contributed by atoms with Crippen LogP contribution in [0.15, 0.2) is 36.4 Å². The normalized spacial score (nSPS) is 11.4. The Hall–Kier alpha value is -2.24. The van der Waals surface area contributed by atoms with E-state index in [-0.39, 0.29) is 17.1 Å². The molecule has 0 amide bonds. The topological polar surface area (TPSA) is 38.0 Å². The third-order valence-electron chi connectivity index (χ3n) is 2.80. The highest BCUT2D eigenvalue weighted by Crippen LogP contribution is 2.37. The number of nitrogens with two attached hydrogens (primary N) is 1. The lowest BCUT2D eigenvalue weighted by Crippen LogP contribution is -2.09. The van der Waals surface area contributed by atoms with Crippen LogP contribution in [0.4, 0.5) is 34.6 Å². The fourth-order valence-electron chi connectivity index (χ4n) is 1.73. The van der Waals surface area contributed by atoms with E-state index in [1.165, 1.54) is 24.3 Å². The van der Waals surface area contributed by atoms with Crippen LogP contribution in [0.2, 0.25) is 0 Å². The zero-order chi connectivity index (χ0) is 14.9. The van der Waals surface area contributed by atoms with Gasteiger partial charge < -0.3 is 11.1 Å². The first-order valence-electron chi connectivity index (χ1n) is 5.77. The number of hydrogen-bond acceptors (Lipinski definition) is 2. The summed E-state index contributed by atoms with van der Waals surface area (Å²) in [5, 5.41) is 2.56. The summed E-state index contributed by atoms with van der Waals surface area (Å²) in [6, 6.07) is 7.55. The summed E-state index contributed by atoms with van der Waals surface area (Å²) in [6.45, 7) is 1.57. The highest BCUT2D eigenvalue weighted by atomic mass is 19.4. The number of hydrogen-bond donors (Lipinski definition) is 2. The number of alkyl halides is 3. The third kappa shape index (κ3) is 3.01. The molecule has 106 valence electrons. The second-order valence-electron chi connectivity index (χ2n) is 4.39. The number of nitrogens with one attached hydrogen (secondary N) is 1. The summed E-state index contributed by atoms with van der Waals surface area (Å²) in [6.07, 6.45) is -4.54. The van der Waals surface area contributed by atoms with E-state index in [0.29, 0.717) is 5.56 Å². The summed E-state index contributed by atoms with van der Waals surface area (Å²) in [7, 11) is 0. The zero-order valence-electron chi connectivity index (χ0n) is 10.6. The van der Waals surface area contributed by atoms with Crippen LogP contribution in [-0.4, -0.2) is 0 Å². The predicted molar refractivity (Wildman–Crippen MR) is 70.3 cm³/mol. The SMILES string of the molecule is Cc1ccc(Nc2ccc(N)cc2C(F)(F)F)cc1F. The molecule has 0 spiro atoms. The highest BCUT2D eigenvalue weighted by molar-refractivity contribution is 5.67. The minimum absolute atomic E-state index is 0.0120. The fraction of sp³-hybridized carbons (Fsp3) is 0.143. The third-order valence-corrected chi connectivity index (χ3v) is 2.80. The molecule has 2 aromatic rings. The van der Waals surface area contributed by atoms with E-state index in [1.54, 1.807) is 6.92 Å². The van der Waals surface area contributed by atoms with Crippen molar-refractivity contribution < 1.29 is 17.6 Å². The number of nitrogen functional groups attached to an aromatic ring is 1. The van der Waals surface area contributed by atoms with Crippen LogP contribution in [0, 0.1) is 12.7 Å². The standard InChI is InChI=1S/C14H12F4N2/c1-8-2-4-10(7-12(8)15)20-13-5-3-9(19)6-11(13)14(16,17)18/h2-7,20H,19H2,1H3. The summed E-state index contributed by atoms with van der Waals surface area (Å²) >= 11 is 0. The van der Waals surface area contributed by atoms with Gasteiger partial charge >= 0.3 is 6.18 Å². The smallest absolute Gasteiger partial charge is 0.399 e. The van der Waals surface area contributed by atoms with E-state index in [4.69, 9.17) is 5.73 Å². The van der Waals surface area contributed by atoms with Crippen LogP contribution >= 0.6 is 0 Å². The van der Waals surface area contributed by atoms with Crippen molar-refractivity contribution in [1.82, 2.24) is 0 Å². The van der Waals surface area contributed by atoms with Crippen LogP contribution < -0.4 is 11.1 Å². The second kappa shape index (κ2) is 5.03. The summed E-state index contributed by atoms with van der Waals surface area (Å²) < 4.78 is 52.1. The quantitative estimate of drug-likeness (QED) is 0.630. The number of rotatable bonds is 2. The Bertz CT molecular complexity index is 636. The Morgan fingerprint density at radius 2 is 1.75 bits per heavy atom. The molecule has 2 aromatic carbocycles. The van der Waals surface area contributed by atoms with Crippen molar-refractivity contribution in [1.29, 1.82) is 0 Å². The monoisotopic (exact) mass is 284 g/mol. The van der Waals surface area contributed by atoms with Gasteiger partial charge in [0.05, 0.1) is 11.3 Å². The van der Waals surface area contributed by atoms with Crippen molar-refractivity contribution in [3.05, 3.63) is 53.3 Å². The average molecular weight is 284 g/mol. The molecule has 6 heteroatoms. The molecular formula is C14H12F4N2. The summed E-state index contributed by atoms with van der Waals surface area (Å²) in [4.78, 5) is 0. The van der Waals surface area contributed by atoms with Gasteiger partial charge in [0.15, 0.2) is 0 Å². The average Bonchev–Trinajstić information content (AvgIpc) is 2.35. The van der Waals surface area contributed by atoms with Gasteiger partial charge in [-0.3, -0.25) is 0 Å². The first kappa shape index (κ1) is 14.2. The van der Waals surface area contributed by atoms with E-state index in [2.05, 4.69) is 5.32 Å². The molecule has 0 heterocycles. The minimum atomic E-state index is -4.54. The van der Waals surface area contributed by atoms with Crippen LogP contribution in [0.25, 0.3) is 0 Å². The molecule has 0 bridgehead atoms. The Labute approximate surface area is 113 Å². The number of benzene rings is 2. The van der Waals surface area contributed by atoms with E-state index in [1.807, 2.05) is 0 Å². The minimum Gasteiger partial charge on any atom is -0.399 e. The highest BCUT2D eigenvalue weighted by Gasteiger charge is 2.33. The van der Waals surface area contributed by atoms with Gasteiger partial charge in [0, 0.05) is 11.4 Å². The molecule has 0 aliphatic rings. The second-order valence-corrected chi connectivity index (χ2v) is 4.39. The maximum Gasteiger partial charge on any atom is 0.418 e. The molecule has 2 rings (SSSR count). The molecule has 3 N–H and O–H groups in total. The van der Waals surface area contributed by atoms with Crippen molar-refractivity contribution >= 4 is 17.1 Å².